The molecule has 4 nitrogen and oxygen atoms in total. The zero-order valence-electron chi connectivity index (χ0n) is 12.1. The van der Waals surface area contributed by atoms with Gasteiger partial charge in [-0.05, 0) is 58.9 Å². The number of hydrogen-bond donors (Lipinski definition) is 1. The highest BCUT2D eigenvalue weighted by Gasteiger charge is 2.25. The van der Waals surface area contributed by atoms with Gasteiger partial charge in [-0.3, -0.25) is 0 Å². The van der Waals surface area contributed by atoms with E-state index in [4.69, 9.17) is 10.5 Å². The van der Waals surface area contributed by atoms with Gasteiger partial charge < -0.3 is 15.4 Å². The van der Waals surface area contributed by atoms with E-state index < -0.39 is 5.60 Å². The summed E-state index contributed by atoms with van der Waals surface area (Å²) in [5.41, 5.74) is 5.15. The van der Waals surface area contributed by atoms with Crippen LogP contribution in [0, 0.1) is 5.92 Å². The first kappa shape index (κ1) is 15.3. The fraction of sp³-hybridized carbons (Fsp3) is 0.929. The van der Waals surface area contributed by atoms with Crippen molar-refractivity contribution in [3.05, 3.63) is 0 Å². The summed E-state index contributed by atoms with van der Waals surface area (Å²) >= 11 is 0. The maximum Gasteiger partial charge on any atom is 0.410 e. The topological polar surface area (TPSA) is 55.6 Å². The number of carbonyl (C=O) groups is 1. The third kappa shape index (κ3) is 5.71. The SMILES string of the molecule is CC(C)(C)OC(=O)N1CCCCC(CCCN)C1. The monoisotopic (exact) mass is 256 g/mol. The Hall–Kier alpha value is -0.770. The molecule has 1 saturated heterocycles. The van der Waals surface area contributed by atoms with Crippen LogP contribution in [0.5, 0.6) is 0 Å². The molecule has 106 valence electrons. The Morgan fingerprint density at radius 1 is 1.39 bits per heavy atom. The van der Waals surface area contributed by atoms with E-state index in [0.29, 0.717) is 5.92 Å². The lowest BCUT2D eigenvalue weighted by Gasteiger charge is -2.28. The third-order valence-corrected chi connectivity index (χ3v) is 3.24. The molecule has 1 atom stereocenters. The number of carbonyl (C=O) groups excluding carboxylic acids is 1. The van der Waals surface area contributed by atoms with Crippen LogP contribution in [-0.2, 0) is 4.74 Å². The van der Waals surface area contributed by atoms with E-state index in [1.807, 2.05) is 25.7 Å². The highest BCUT2D eigenvalue weighted by atomic mass is 16.6. The molecule has 0 aromatic carbocycles. The van der Waals surface area contributed by atoms with Crippen LogP contribution >= 0.6 is 0 Å². The normalized spacial score (nSPS) is 21.6. The summed E-state index contributed by atoms with van der Waals surface area (Å²) in [6.45, 7) is 8.13. The Morgan fingerprint density at radius 2 is 2.11 bits per heavy atom. The molecule has 2 N–H and O–H groups in total. The third-order valence-electron chi connectivity index (χ3n) is 3.24. The zero-order chi connectivity index (χ0) is 13.6. The number of ether oxygens (including phenoxy) is 1. The molecule has 4 heteroatoms. The molecule has 0 saturated carbocycles. The molecule has 1 heterocycles. The largest absolute Gasteiger partial charge is 0.444 e. The van der Waals surface area contributed by atoms with Crippen molar-refractivity contribution in [2.24, 2.45) is 11.7 Å². The number of amides is 1. The van der Waals surface area contributed by atoms with Crippen LogP contribution in [0.4, 0.5) is 4.79 Å². The molecule has 18 heavy (non-hydrogen) atoms. The van der Waals surface area contributed by atoms with Crippen molar-refractivity contribution in [2.75, 3.05) is 19.6 Å². The number of rotatable bonds is 3. The lowest BCUT2D eigenvalue weighted by Crippen LogP contribution is -2.39. The van der Waals surface area contributed by atoms with E-state index >= 15 is 0 Å². The van der Waals surface area contributed by atoms with Gasteiger partial charge in [0.25, 0.3) is 0 Å². The highest BCUT2D eigenvalue weighted by Crippen LogP contribution is 2.22. The van der Waals surface area contributed by atoms with Crippen LogP contribution in [0.3, 0.4) is 0 Å². The number of likely N-dealkylation sites (tertiary alicyclic amines) is 1. The van der Waals surface area contributed by atoms with Crippen LogP contribution in [0.25, 0.3) is 0 Å². The molecule has 1 aliphatic heterocycles. The van der Waals surface area contributed by atoms with Gasteiger partial charge in [0.1, 0.15) is 5.60 Å². The Balaban J connectivity index is 2.50. The number of nitrogens with two attached hydrogens (primary N) is 1. The van der Waals surface area contributed by atoms with Crippen LogP contribution in [-0.4, -0.2) is 36.2 Å². The minimum atomic E-state index is -0.407. The van der Waals surface area contributed by atoms with Crippen molar-refractivity contribution in [1.29, 1.82) is 0 Å². The minimum Gasteiger partial charge on any atom is -0.444 e. The van der Waals surface area contributed by atoms with Crippen molar-refractivity contribution >= 4 is 6.09 Å². The van der Waals surface area contributed by atoms with Gasteiger partial charge in [-0.2, -0.15) is 0 Å². The van der Waals surface area contributed by atoms with Gasteiger partial charge in [0.2, 0.25) is 0 Å². The standard InChI is InChI=1S/C14H28N2O2/c1-14(2,3)18-13(17)16-10-5-4-7-12(11-16)8-6-9-15/h12H,4-11,15H2,1-3H3. The van der Waals surface area contributed by atoms with Crippen molar-refractivity contribution < 1.29 is 9.53 Å². The summed E-state index contributed by atoms with van der Waals surface area (Å²) in [5.74, 6) is 0.587. The minimum absolute atomic E-state index is 0.165. The maximum atomic E-state index is 12.1. The van der Waals surface area contributed by atoms with E-state index in [-0.39, 0.29) is 6.09 Å². The van der Waals surface area contributed by atoms with Crippen LogP contribution in [0.2, 0.25) is 0 Å². The second-order valence-corrected chi connectivity index (χ2v) is 6.22. The fourth-order valence-corrected chi connectivity index (χ4v) is 2.36. The molecule has 1 amide bonds. The maximum absolute atomic E-state index is 12.1. The average molecular weight is 256 g/mol. The second kappa shape index (κ2) is 6.98. The highest BCUT2D eigenvalue weighted by molar-refractivity contribution is 5.68. The van der Waals surface area contributed by atoms with E-state index in [1.165, 1.54) is 12.8 Å². The Bertz CT molecular complexity index is 261. The number of nitrogens with zero attached hydrogens (tertiary/aromatic N) is 1. The zero-order valence-corrected chi connectivity index (χ0v) is 12.1. The summed E-state index contributed by atoms with van der Waals surface area (Å²) in [5, 5.41) is 0. The van der Waals surface area contributed by atoms with Crippen molar-refractivity contribution in [2.45, 2.75) is 58.5 Å². The Morgan fingerprint density at radius 3 is 2.72 bits per heavy atom. The van der Waals surface area contributed by atoms with E-state index in [2.05, 4.69) is 0 Å². The first-order chi connectivity index (χ1) is 8.42. The molecule has 1 unspecified atom stereocenters. The van der Waals surface area contributed by atoms with Crippen LogP contribution in [0.15, 0.2) is 0 Å². The van der Waals surface area contributed by atoms with E-state index in [0.717, 1.165) is 38.9 Å². The molecule has 0 aromatic heterocycles. The molecule has 0 aromatic rings. The molecule has 0 radical (unpaired) electrons. The predicted molar refractivity (Wildman–Crippen MR) is 73.4 cm³/mol. The van der Waals surface area contributed by atoms with Gasteiger partial charge in [-0.1, -0.05) is 6.42 Å². The van der Waals surface area contributed by atoms with E-state index in [1.54, 1.807) is 0 Å². The molecule has 0 aliphatic carbocycles. The van der Waals surface area contributed by atoms with Gasteiger partial charge in [0.15, 0.2) is 0 Å². The molecule has 1 rings (SSSR count). The summed E-state index contributed by atoms with van der Waals surface area (Å²) < 4.78 is 5.45. The quantitative estimate of drug-likeness (QED) is 0.844. The van der Waals surface area contributed by atoms with Crippen LogP contribution in [0.1, 0.15) is 52.9 Å². The lowest BCUT2D eigenvalue weighted by atomic mass is 9.98. The first-order valence-electron chi connectivity index (χ1n) is 7.10. The van der Waals surface area contributed by atoms with Crippen molar-refractivity contribution in [1.82, 2.24) is 4.90 Å². The lowest BCUT2D eigenvalue weighted by molar-refractivity contribution is 0.0232. The molecule has 0 spiro atoms. The molecule has 1 fully saturated rings. The first-order valence-corrected chi connectivity index (χ1v) is 7.10. The summed E-state index contributed by atoms with van der Waals surface area (Å²) in [6, 6.07) is 0. The average Bonchev–Trinajstić information content (AvgIpc) is 2.49. The Labute approximate surface area is 111 Å². The molecule has 1 aliphatic rings. The molecular weight excluding hydrogens is 228 g/mol. The van der Waals surface area contributed by atoms with Crippen molar-refractivity contribution in [3.8, 4) is 0 Å². The smallest absolute Gasteiger partial charge is 0.410 e. The Kier molecular flexibility index (Phi) is 5.93. The summed E-state index contributed by atoms with van der Waals surface area (Å²) in [7, 11) is 0. The summed E-state index contributed by atoms with van der Waals surface area (Å²) in [6.07, 6.45) is 5.50. The van der Waals surface area contributed by atoms with Gasteiger partial charge in [-0.15, -0.1) is 0 Å². The molecular formula is C14H28N2O2. The van der Waals surface area contributed by atoms with Gasteiger partial charge in [0.05, 0.1) is 0 Å². The van der Waals surface area contributed by atoms with Gasteiger partial charge >= 0.3 is 6.09 Å². The van der Waals surface area contributed by atoms with Crippen molar-refractivity contribution in [3.63, 3.8) is 0 Å². The van der Waals surface area contributed by atoms with Crippen LogP contribution < -0.4 is 5.73 Å². The second-order valence-electron chi connectivity index (χ2n) is 6.22. The van der Waals surface area contributed by atoms with E-state index in [9.17, 15) is 4.79 Å². The predicted octanol–water partition coefficient (Wildman–Crippen LogP) is 2.76. The molecule has 0 bridgehead atoms. The summed E-state index contributed by atoms with van der Waals surface area (Å²) in [4.78, 5) is 13.9. The van der Waals surface area contributed by atoms with Gasteiger partial charge in [-0.25, -0.2) is 4.79 Å². The number of hydrogen-bond acceptors (Lipinski definition) is 3. The van der Waals surface area contributed by atoms with Gasteiger partial charge in [0, 0.05) is 13.1 Å². The fourth-order valence-electron chi connectivity index (χ4n) is 2.36.